The number of hydrogen-bond donors (Lipinski definition) is 1. The van der Waals surface area contributed by atoms with E-state index < -0.39 is 34.9 Å². The Labute approximate surface area is 179 Å². The van der Waals surface area contributed by atoms with Crippen LogP contribution >= 0.6 is 0 Å². The lowest BCUT2D eigenvalue weighted by molar-refractivity contribution is -0.141. The molecule has 2 aromatic carbocycles. The minimum atomic E-state index is -3.98. The van der Waals surface area contributed by atoms with Crippen molar-refractivity contribution in [1.29, 1.82) is 0 Å². The predicted octanol–water partition coefficient (Wildman–Crippen LogP) is 1.75. The molecule has 1 heterocycles. The lowest BCUT2D eigenvalue weighted by Crippen LogP contribution is -2.31. The Hall–Kier alpha value is -3.24. The molecule has 1 aliphatic rings. The summed E-state index contributed by atoms with van der Waals surface area (Å²) in [4.78, 5) is 35.3. The first-order valence-corrected chi connectivity index (χ1v) is 10.9. The molecule has 0 amide bonds. The van der Waals surface area contributed by atoms with E-state index in [1.807, 2.05) is 0 Å². The van der Waals surface area contributed by atoms with E-state index in [9.17, 15) is 22.8 Å². The molecule has 0 aromatic heterocycles. The first-order valence-electron chi connectivity index (χ1n) is 9.45. The van der Waals surface area contributed by atoms with E-state index in [-0.39, 0.29) is 16.2 Å². The van der Waals surface area contributed by atoms with Crippen LogP contribution in [0.5, 0.6) is 11.5 Å². The number of sulfonamides is 1. The maximum atomic E-state index is 12.3. The van der Waals surface area contributed by atoms with Gasteiger partial charge in [-0.3, -0.25) is 14.4 Å². The fourth-order valence-electron chi connectivity index (χ4n) is 2.72. The maximum absolute atomic E-state index is 12.3. The SMILES string of the molecule is CC(=O)c1ccc(S(=O)(=O)NCC(=O)OCC(=O)c2ccc3c(c2)OCCCO3)cc1. The van der Waals surface area contributed by atoms with Gasteiger partial charge in [-0.1, -0.05) is 12.1 Å². The van der Waals surface area contributed by atoms with E-state index in [1.165, 1.54) is 43.3 Å². The third kappa shape index (κ3) is 5.89. The highest BCUT2D eigenvalue weighted by molar-refractivity contribution is 7.89. The van der Waals surface area contributed by atoms with Gasteiger partial charge in [-0.15, -0.1) is 0 Å². The number of esters is 1. The normalized spacial score (nSPS) is 13.2. The number of carbonyl (C=O) groups is 3. The van der Waals surface area contributed by atoms with Gasteiger partial charge in [-0.25, -0.2) is 8.42 Å². The van der Waals surface area contributed by atoms with Crippen LogP contribution in [0.1, 0.15) is 34.1 Å². The van der Waals surface area contributed by atoms with Crippen LogP contribution in [0.2, 0.25) is 0 Å². The molecule has 0 spiro atoms. The summed E-state index contributed by atoms with van der Waals surface area (Å²) in [5.41, 5.74) is 0.648. The molecule has 1 aliphatic heterocycles. The van der Waals surface area contributed by atoms with Crippen LogP contribution < -0.4 is 14.2 Å². The van der Waals surface area contributed by atoms with Gasteiger partial charge in [0.1, 0.15) is 6.54 Å². The highest BCUT2D eigenvalue weighted by Gasteiger charge is 2.18. The summed E-state index contributed by atoms with van der Waals surface area (Å²) in [6, 6.07) is 9.95. The van der Waals surface area contributed by atoms with E-state index in [2.05, 4.69) is 4.72 Å². The number of Topliss-reactive ketones (excluding diaryl/α,β-unsaturated/α-hetero) is 2. The Bertz CT molecular complexity index is 1090. The van der Waals surface area contributed by atoms with Gasteiger partial charge in [-0.05, 0) is 37.3 Å². The van der Waals surface area contributed by atoms with Crippen molar-refractivity contribution >= 4 is 27.6 Å². The molecule has 0 saturated carbocycles. The third-order valence-corrected chi connectivity index (χ3v) is 5.83. The van der Waals surface area contributed by atoms with Crippen molar-refractivity contribution in [1.82, 2.24) is 4.72 Å². The average Bonchev–Trinajstić information content (AvgIpc) is 3.01. The highest BCUT2D eigenvalue weighted by atomic mass is 32.2. The molecule has 2 aromatic rings. The summed E-state index contributed by atoms with van der Waals surface area (Å²) in [5, 5.41) is 0. The van der Waals surface area contributed by atoms with Gasteiger partial charge in [0.15, 0.2) is 29.7 Å². The Morgan fingerprint density at radius 1 is 0.968 bits per heavy atom. The van der Waals surface area contributed by atoms with Crippen molar-refractivity contribution in [2.75, 3.05) is 26.4 Å². The number of fused-ring (bicyclic) bond motifs is 1. The lowest BCUT2D eigenvalue weighted by Gasteiger charge is -2.10. The highest BCUT2D eigenvalue weighted by Crippen LogP contribution is 2.30. The van der Waals surface area contributed by atoms with Gasteiger partial charge in [0.2, 0.25) is 10.0 Å². The van der Waals surface area contributed by atoms with E-state index in [0.717, 1.165) is 6.42 Å². The van der Waals surface area contributed by atoms with Crippen LogP contribution in [-0.2, 0) is 19.6 Å². The number of hydrogen-bond acceptors (Lipinski definition) is 8. The van der Waals surface area contributed by atoms with Crippen molar-refractivity contribution < 1.29 is 37.0 Å². The number of ether oxygens (including phenoxy) is 3. The minimum Gasteiger partial charge on any atom is -0.490 e. The van der Waals surface area contributed by atoms with E-state index in [0.29, 0.717) is 30.3 Å². The van der Waals surface area contributed by atoms with E-state index >= 15 is 0 Å². The fourth-order valence-corrected chi connectivity index (χ4v) is 3.69. The standard InChI is InChI=1S/C21H21NO8S/c1-14(23)15-3-6-17(7-4-15)31(26,27)22-12-21(25)30-13-18(24)16-5-8-19-20(11-16)29-10-2-9-28-19/h3-8,11,22H,2,9-10,12-13H2,1H3. The van der Waals surface area contributed by atoms with Gasteiger partial charge in [0, 0.05) is 17.5 Å². The quantitative estimate of drug-likeness (QED) is 0.479. The molecular weight excluding hydrogens is 426 g/mol. The molecule has 1 N–H and O–H groups in total. The summed E-state index contributed by atoms with van der Waals surface area (Å²) in [6.07, 6.45) is 0.729. The zero-order valence-corrected chi connectivity index (χ0v) is 17.6. The van der Waals surface area contributed by atoms with Crippen LogP contribution in [0.25, 0.3) is 0 Å². The Balaban J connectivity index is 1.52. The summed E-state index contributed by atoms with van der Waals surface area (Å²) in [5.74, 6) is -0.591. The molecule has 164 valence electrons. The van der Waals surface area contributed by atoms with Crippen molar-refractivity contribution in [2.24, 2.45) is 0 Å². The number of rotatable bonds is 8. The minimum absolute atomic E-state index is 0.103. The summed E-state index contributed by atoms with van der Waals surface area (Å²) >= 11 is 0. The average molecular weight is 447 g/mol. The summed E-state index contributed by atoms with van der Waals surface area (Å²) in [7, 11) is -3.98. The van der Waals surface area contributed by atoms with Crippen molar-refractivity contribution in [3.8, 4) is 11.5 Å². The van der Waals surface area contributed by atoms with Crippen LogP contribution in [0.3, 0.4) is 0 Å². The molecule has 10 heteroatoms. The molecule has 0 atom stereocenters. The number of benzene rings is 2. The molecule has 0 bridgehead atoms. The first kappa shape index (κ1) is 22.4. The smallest absolute Gasteiger partial charge is 0.321 e. The lowest BCUT2D eigenvalue weighted by atomic mass is 10.1. The molecule has 0 saturated heterocycles. The molecule has 3 rings (SSSR count). The molecule has 9 nitrogen and oxygen atoms in total. The van der Waals surface area contributed by atoms with Crippen LogP contribution in [0.15, 0.2) is 47.4 Å². The van der Waals surface area contributed by atoms with Gasteiger partial charge in [0.05, 0.1) is 18.1 Å². The van der Waals surface area contributed by atoms with E-state index in [4.69, 9.17) is 14.2 Å². The topological polar surface area (TPSA) is 125 Å². The number of carbonyl (C=O) groups excluding carboxylic acids is 3. The monoisotopic (exact) mass is 447 g/mol. The summed E-state index contributed by atoms with van der Waals surface area (Å²) in [6.45, 7) is 1.16. The predicted molar refractivity (Wildman–Crippen MR) is 109 cm³/mol. The van der Waals surface area contributed by atoms with Crippen LogP contribution in [0.4, 0.5) is 0 Å². The zero-order valence-electron chi connectivity index (χ0n) is 16.8. The van der Waals surface area contributed by atoms with E-state index in [1.54, 1.807) is 6.07 Å². The fraction of sp³-hybridized carbons (Fsp3) is 0.286. The Morgan fingerprint density at radius 3 is 2.29 bits per heavy atom. The molecule has 0 unspecified atom stereocenters. The molecule has 0 fully saturated rings. The second-order valence-electron chi connectivity index (χ2n) is 6.70. The first-order chi connectivity index (χ1) is 14.8. The molecule has 0 aliphatic carbocycles. The van der Waals surface area contributed by atoms with Crippen LogP contribution in [0, 0.1) is 0 Å². The van der Waals surface area contributed by atoms with Crippen molar-refractivity contribution in [3.63, 3.8) is 0 Å². The van der Waals surface area contributed by atoms with Gasteiger partial charge < -0.3 is 14.2 Å². The molecule has 0 radical (unpaired) electrons. The molecule has 31 heavy (non-hydrogen) atoms. The third-order valence-electron chi connectivity index (χ3n) is 4.41. The van der Waals surface area contributed by atoms with Crippen LogP contribution in [-0.4, -0.2) is 52.3 Å². The Kier molecular flexibility index (Phi) is 7.03. The number of ketones is 2. The van der Waals surface area contributed by atoms with Gasteiger partial charge >= 0.3 is 5.97 Å². The second kappa shape index (κ2) is 9.71. The summed E-state index contributed by atoms with van der Waals surface area (Å²) < 4.78 is 42.5. The largest absolute Gasteiger partial charge is 0.490 e. The van der Waals surface area contributed by atoms with Gasteiger partial charge in [0.25, 0.3) is 0 Å². The second-order valence-corrected chi connectivity index (χ2v) is 8.47. The van der Waals surface area contributed by atoms with Crippen molar-refractivity contribution in [3.05, 3.63) is 53.6 Å². The van der Waals surface area contributed by atoms with Crippen molar-refractivity contribution in [2.45, 2.75) is 18.2 Å². The Morgan fingerprint density at radius 2 is 1.61 bits per heavy atom. The maximum Gasteiger partial charge on any atom is 0.321 e. The number of nitrogens with one attached hydrogen (secondary N) is 1. The van der Waals surface area contributed by atoms with Gasteiger partial charge in [-0.2, -0.15) is 4.72 Å². The molecular formula is C21H21NO8S. The zero-order chi connectivity index (χ0) is 22.4.